The number of aryl methyl sites for hydroxylation is 2. The fourth-order valence-electron chi connectivity index (χ4n) is 3.87. The molecule has 1 atom stereocenters. The molecule has 3 aromatic rings. The van der Waals surface area contributed by atoms with E-state index < -0.39 is 29.4 Å². The van der Waals surface area contributed by atoms with Crippen LogP contribution >= 0.6 is 0 Å². The van der Waals surface area contributed by atoms with Gasteiger partial charge in [-0.1, -0.05) is 43.7 Å². The number of rotatable bonds is 8. The number of aromatic nitrogens is 2. The van der Waals surface area contributed by atoms with Gasteiger partial charge in [-0.05, 0) is 54.7 Å². The Labute approximate surface area is 200 Å². The predicted molar refractivity (Wildman–Crippen MR) is 126 cm³/mol. The Kier molecular flexibility index (Phi) is 8.09. The van der Waals surface area contributed by atoms with E-state index in [4.69, 9.17) is 4.74 Å². The predicted octanol–water partition coefficient (Wildman–Crippen LogP) is 5.72. The van der Waals surface area contributed by atoms with Gasteiger partial charge in [0.05, 0.1) is 24.1 Å². The number of carbonyl (C=O) groups is 1. The molecule has 9 heteroatoms. The van der Waals surface area contributed by atoms with Gasteiger partial charge in [-0.2, -0.15) is 18.3 Å². The van der Waals surface area contributed by atoms with Crippen LogP contribution in [0.5, 0.6) is 0 Å². The number of allylic oxidation sites excluding steroid dienone is 1. The van der Waals surface area contributed by atoms with E-state index in [0.29, 0.717) is 23.8 Å². The summed E-state index contributed by atoms with van der Waals surface area (Å²) in [7, 11) is 0. The van der Waals surface area contributed by atoms with Crippen LogP contribution in [-0.4, -0.2) is 28.5 Å². The highest BCUT2D eigenvalue weighted by atomic mass is 19.4. The van der Waals surface area contributed by atoms with E-state index in [9.17, 15) is 27.2 Å². The first-order valence-corrected chi connectivity index (χ1v) is 11.2. The van der Waals surface area contributed by atoms with Crippen LogP contribution in [0.25, 0.3) is 16.8 Å². The van der Waals surface area contributed by atoms with Crippen LogP contribution in [-0.2, 0) is 22.5 Å². The van der Waals surface area contributed by atoms with Crippen LogP contribution in [0, 0.1) is 12.7 Å². The molecule has 0 fully saturated rings. The van der Waals surface area contributed by atoms with Gasteiger partial charge in [0, 0.05) is 5.39 Å². The Morgan fingerprint density at radius 3 is 2.60 bits per heavy atom. The average Bonchev–Trinajstić information content (AvgIpc) is 2.78. The van der Waals surface area contributed by atoms with Crippen molar-refractivity contribution in [3.8, 4) is 0 Å². The Morgan fingerprint density at radius 2 is 1.94 bits per heavy atom. The van der Waals surface area contributed by atoms with E-state index in [1.807, 2.05) is 6.92 Å². The standard InChI is InChI=1S/C26H26F4N2O3/c1-4-6-18-13-19(11-16(3)24(18)27)22(26(28,29)30)10-8-17-7-9-21-20(12-17)14-31-32(25(21)34)15-23(33)35-5-2/h7-14,22H,4-6,15H2,1-3H3/b10-8+. The van der Waals surface area contributed by atoms with Gasteiger partial charge in [-0.15, -0.1) is 0 Å². The van der Waals surface area contributed by atoms with Crippen LogP contribution in [0.1, 0.15) is 48.4 Å². The summed E-state index contributed by atoms with van der Waals surface area (Å²) in [6.45, 7) is 4.78. The summed E-state index contributed by atoms with van der Waals surface area (Å²) in [5, 5.41) is 4.65. The first-order chi connectivity index (χ1) is 16.5. The first-order valence-electron chi connectivity index (χ1n) is 11.2. The number of carbonyl (C=O) groups excluding carboxylic acids is 1. The maximum absolute atomic E-state index is 14.3. The largest absolute Gasteiger partial charge is 0.465 e. The van der Waals surface area contributed by atoms with Crippen molar-refractivity contribution in [2.45, 2.75) is 52.3 Å². The van der Waals surface area contributed by atoms with E-state index in [1.54, 1.807) is 13.0 Å². The molecule has 0 radical (unpaired) electrons. The zero-order valence-corrected chi connectivity index (χ0v) is 19.7. The van der Waals surface area contributed by atoms with Gasteiger partial charge in [0.1, 0.15) is 12.4 Å². The van der Waals surface area contributed by atoms with Gasteiger partial charge in [-0.3, -0.25) is 9.59 Å². The molecule has 1 heterocycles. The van der Waals surface area contributed by atoms with Crippen LogP contribution < -0.4 is 5.56 Å². The number of hydrogen-bond acceptors (Lipinski definition) is 4. The van der Waals surface area contributed by atoms with Gasteiger partial charge >= 0.3 is 12.1 Å². The summed E-state index contributed by atoms with van der Waals surface area (Å²) in [6, 6.07) is 7.05. The van der Waals surface area contributed by atoms with Crippen molar-refractivity contribution in [2.75, 3.05) is 6.61 Å². The summed E-state index contributed by atoms with van der Waals surface area (Å²) in [6.07, 6.45) is 0.0937. The summed E-state index contributed by atoms with van der Waals surface area (Å²) >= 11 is 0. The number of fused-ring (bicyclic) bond motifs is 1. The third kappa shape index (κ3) is 6.15. The fourth-order valence-corrected chi connectivity index (χ4v) is 3.87. The van der Waals surface area contributed by atoms with E-state index in [0.717, 1.165) is 10.8 Å². The molecule has 0 aliphatic carbocycles. The second-order valence-corrected chi connectivity index (χ2v) is 8.20. The molecule has 0 aliphatic rings. The summed E-state index contributed by atoms with van der Waals surface area (Å²) in [5.74, 6) is -3.00. The Balaban J connectivity index is 1.95. The number of halogens is 4. The van der Waals surface area contributed by atoms with Crippen molar-refractivity contribution in [1.29, 1.82) is 0 Å². The lowest BCUT2D eigenvalue weighted by Crippen LogP contribution is -2.27. The lowest BCUT2D eigenvalue weighted by atomic mass is 9.92. The third-order valence-electron chi connectivity index (χ3n) is 5.53. The van der Waals surface area contributed by atoms with E-state index >= 15 is 0 Å². The Morgan fingerprint density at radius 1 is 1.20 bits per heavy atom. The lowest BCUT2D eigenvalue weighted by molar-refractivity contribution is -0.144. The van der Waals surface area contributed by atoms with Gasteiger partial charge in [0.15, 0.2) is 0 Å². The highest BCUT2D eigenvalue weighted by molar-refractivity contribution is 5.83. The minimum atomic E-state index is -4.58. The van der Waals surface area contributed by atoms with Crippen molar-refractivity contribution in [2.24, 2.45) is 0 Å². The van der Waals surface area contributed by atoms with Crippen LogP contribution in [0.15, 0.2) is 47.4 Å². The molecule has 0 amide bonds. The van der Waals surface area contributed by atoms with E-state index in [1.165, 1.54) is 43.5 Å². The normalized spacial score (nSPS) is 12.9. The van der Waals surface area contributed by atoms with Crippen LogP contribution in [0.4, 0.5) is 17.6 Å². The number of esters is 1. The minimum absolute atomic E-state index is 0.0274. The molecule has 1 unspecified atom stereocenters. The summed E-state index contributed by atoms with van der Waals surface area (Å²) < 4.78 is 61.9. The molecular weight excluding hydrogens is 464 g/mol. The maximum atomic E-state index is 14.3. The number of ether oxygens (including phenoxy) is 1. The average molecular weight is 490 g/mol. The van der Waals surface area contributed by atoms with Crippen molar-refractivity contribution in [3.05, 3.63) is 81.0 Å². The molecule has 0 aliphatic heterocycles. The molecule has 5 nitrogen and oxygen atoms in total. The van der Waals surface area contributed by atoms with E-state index in [-0.39, 0.29) is 35.2 Å². The number of nitrogens with zero attached hydrogens (tertiary/aromatic N) is 2. The molecule has 186 valence electrons. The van der Waals surface area contributed by atoms with Crippen molar-refractivity contribution in [1.82, 2.24) is 9.78 Å². The molecule has 3 rings (SSSR count). The second kappa shape index (κ2) is 10.8. The number of hydrogen-bond donors (Lipinski definition) is 0. The van der Waals surface area contributed by atoms with Gasteiger partial charge in [-0.25, -0.2) is 9.07 Å². The zero-order valence-electron chi connectivity index (χ0n) is 19.7. The molecule has 0 saturated heterocycles. The fraction of sp³-hybridized carbons (Fsp3) is 0.346. The molecule has 2 aromatic carbocycles. The van der Waals surface area contributed by atoms with Gasteiger partial charge in [0.2, 0.25) is 0 Å². The topological polar surface area (TPSA) is 61.2 Å². The third-order valence-corrected chi connectivity index (χ3v) is 5.53. The number of alkyl halides is 3. The van der Waals surface area contributed by atoms with Crippen molar-refractivity contribution < 1.29 is 27.1 Å². The minimum Gasteiger partial charge on any atom is -0.465 e. The smallest absolute Gasteiger partial charge is 0.399 e. The zero-order chi connectivity index (χ0) is 25.8. The van der Waals surface area contributed by atoms with Crippen molar-refractivity contribution >= 4 is 22.8 Å². The monoisotopic (exact) mass is 490 g/mol. The Bertz CT molecular complexity index is 1310. The Hall–Kier alpha value is -3.49. The van der Waals surface area contributed by atoms with Crippen molar-refractivity contribution in [3.63, 3.8) is 0 Å². The molecule has 1 aromatic heterocycles. The molecule has 0 bridgehead atoms. The van der Waals surface area contributed by atoms with E-state index in [2.05, 4.69) is 5.10 Å². The number of benzene rings is 2. The second-order valence-electron chi connectivity index (χ2n) is 8.20. The lowest BCUT2D eigenvalue weighted by Gasteiger charge is -2.19. The SMILES string of the molecule is CCCc1cc(C(/C=C/c2ccc3c(=O)n(CC(=O)OCC)ncc3c2)C(F)(F)F)cc(C)c1F. The molecular formula is C26H26F4N2O3. The summed E-state index contributed by atoms with van der Waals surface area (Å²) in [4.78, 5) is 24.3. The van der Waals surface area contributed by atoms with Crippen LogP contribution in [0.2, 0.25) is 0 Å². The molecule has 0 N–H and O–H groups in total. The molecule has 0 saturated carbocycles. The van der Waals surface area contributed by atoms with Gasteiger partial charge < -0.3 is 4.74 Å². The van der Waals surface area contributed by atoms with Gasteiger partial charge in [0.25, 0.3) is 5.56 Å². The maximum Gasteiger partial charge on any atom is 0.399 e. The van der Waals surface area contributed by atoms with Crippen LogP contribution in [0.3, 0.4) is 0 Å². The quantitative estimate of drug-likeness (QED) is 0.299. The first kappa shape index (κ1) is 26.1. The highest BCUT2D eigenvalue weighted by Crippen LogP contribution is 2.38. The molecule has 0 spiro atoms. The molecule has 35 heavy (non-hydrogen) atoms. The summed E-state index contributed by atoms with van der Waals surface area (Å²) in [5.41, 5.74) is 0.333. The highest BCUT2D eigenvalue weighted by Gasteiger charge is 2.39.